The van der Waals surface area contributed by atoms with E-state index in [0.29, 0.717) is 11.8 Å². The van der Waals surface area contributed by atoms with Crippen molar-refractivity contribution in [1.29, 1.82) is 0 Å². The van der Waals surface area contributed by atoms with Crippen LogP contribution in [-0.2, 0) is 14.3 Å². The Hall–Kier alpha value is -2.55. The Morgan fingerprint density at radius 2 is 1.80 bits per heavy atom. The van der Waals surface area contributed by atoms with Gasteiger partial charge in [0.1, 0.15) is 17.9 Å². The Morgan fingerprint density at radius 3 is 2.40 bits per heavy atom. The van der Waals surface area contributed by atoms with Gasteiger partial charge in [-0.15, -0.1) is 0 Å². The molecule has 25 heavy (non-hydrogen) atoms. The highest BCUT2D eigenvalue weighted by Gasteiger charge is 2.22. The molecule has 0 radical (unpaired) electrons. The van der Waals surface area contributed by atoms with Crippen LogP contribution in [0.3, 0.4) is 0 Å². The summed E-state index contributed by atoms with van der Waals surface area (Å²) in [5.41, 5.74) is 0.0909. The van der Waals surface area contributed by atoms with Crippen molar-refractivity contribution in [2.24, 2.45) is 0 Å². The average Bonchev–Trinajstić information content (AvgIpc) is 2.52. The van der Waals surface area contributed by atoms with Gasteiger partial charge in [0.2, 0.25) is 5.91 Å². The third-order valence-corrected chi connectivity index (χ3v) is 3.54. The molecule has 8 nitrogen and oxygen atoms in total. The molecule has 1 atom stereocenters. The minimum Gasteiger partial charge on any atom is -0.480 e. The minimum absolute atomic E-state index is 0.0174. The zero-order valence-electron chi connectivity index (χ0n) is 14.0. The van der Waals surface area contributed by atoms with Gasteiger partial charge in [-0.1, -0.05) is 12.1 Å². The van der Waals surface area contributed by atoms with Gasteiger partial charge >= 0.3 is 17.2 Å². The van der Waals surface area contributed by atoms with E-state index in [2.05, 4.69) is 5.32 Å². The lowest BCUT2D eigenvalue weighted by Crippen LogP contribution is -2.35. The average molecular weight is 369 g/mol. The predicted octanol–water partition coefficient (Wildman–Crippen LogP) is 2.07. The second-order valence-electron chi connectivity index (χ2n) is 5.17. The molecule has 136 valence electrons. The second-order valence-corrected chi connectivity index (χ2v) is 6.45. The van der Waals surface area contributed by atoms with Crippen LogP contribution in [0.15, 0.2) is 24.3 Å². The molecule has 0 aromatic heterocycles. The van der Waals surface area contributed by atoms with Crippen LogP contribution in [0.2, 0.25) is 0 Å². The van der Waals surface area contributed by atoms with Crippen LogP contribution < -0.4 is 10.1 Å². The number of nitrogens with one attached hydrogen (secondary N) is 1. The van der Waals surface area contributed by atoms with Gasteiger partial charge in [-0.2, -0.15) is 0 Å². The van der Waals surface area contributed by atoms with Crippen molar-refractivity contribution in [3.8, 4) is 5.75 Å². The van der Waals surface area contributed by atoms with E-state index in [-0.39, 0.29) is 17.4 Å². The molecule has 1 rings (SSSR count). The number of hydrogen-bond acceptors (Lipinski definition) is 7. The van der Waals surface area contributed by atoms with E-state index in [9.17, 15) is 19.2 Å². The first-order chi connectivity index (χ1) is 11.7. The summed E-state index contributed by atoms with van der Waals surface area (Å²) in [5.74, 6) is -2.41. The first-order valence-corrected chi connectivity index (χ1v) is 8.26. The third-order valence-electron chi connectivity index (χ3n) is 2.70. The molecule has 2 N–H and O–H groups in total. The fraction of sp³-hybridized carbons (Fsp3) is 0.375. The molecule has 1 unspecified atom stereocenters. The van der Waals surface area contributed by atoms with Gasteiger partial charge in [0.25, 0.3) is 0 Å². The summed E-state index contributed by atoms with van der Waals surface area (Å²) in [6, 6.07) is 6.08. The van der Waals surface area contributed by atoms with E-state index in [4.69, 9.17) is 14.6 Å². The standard InChI is InChI=1S/C16H19NO7S/c1-9(2)23-15(21)11-6-4-5-7-12(11)24-16(22)25-10(3)14(20)17-8-13(18)19/h4-7,9-10H,8H2,1-3H3,(H,17,20)(H,18,19). The Kier molecular flexibility index (Phi) is 7.93. The van der Waals surface area contributed by atoms with E-state index in [0.717, 1.165) is 0 Å². The van der Waals surface area contributed by atoms with Crippen molar-refractivity contribution < 1.29 is 33.8 Å². The van der Waals surface area contributed by atoms with Crippen molar-refractivity contribution in [2.75, 3.05) is 6.54 Å². The molecular formula is C16H19NO7S. The Bertz CT molecular complexity index is 660. The molecule has 0 heterocycles. The lowest BCUT2D eigenvalue weighted by Gasteiger charge is -2.13. The highest BCUT2D eigenvalue weighted by atomic mass is 32.2. The maximum Gasteiger partial charge on any atom is 0.373 e. The highest BCUT2D eigenvalue weighted by Crippen LogP contribution is 2.23. The first kappa shape index (κ1) is 20.5. The van der Waals surface area contributed by atoms with E-state index >= 15 is 0 Å². The van der Waals surface area contributed by atoms with Gasteiger partial charge in [-0.25, -0.2) is 9.59 Å². The van der Waals surface area contributed by atoms with Crippen molar-refractivity contribution in [3.05, 3.63) is 29.8 Å². The summed E-state index contributed by atoms with van der Waals surface area (Å²) in [5, 5.41) is 9.01. The number of carbonyl (C=O) groups is 4. The number of esters is 1. The van der Waals surface area contributed by atoms with Crippen molar-refractivity contribution in [3.63, 3.8) is 0 Å². The van der Waals surface area contributed by atoms with Gasteiger partial charge in [0.15, 0.2) is 0 Å². The monoisotopic (exact) mass is 369 g/mol. The van der Waals surface area contributed by atoms with E-state index in [1.165, 1.54) is 19.1 Å². The summed E-state index contributed by atoms with van der Waals surface area (Å²) in [6.07, 6.45) is -0.330. The predicted molar refractivity (Wildman–Crippen MR) is 90.7 cm³/mol. The summed E-state index contributed by atoms with van der Waals surface area (Å²) in [4.78, 5) is 46.0. The van der Waals surface area contributed by atoms with Gasteiger partial charge < -0.3 is 19.9 Å². The maximum absolute atomic E-state index is 12.0. The van der Waals surface area contributed by atoms with Crippen molar-refractivity contribution in [1.82, 2.24) is 5.32 Å². The summed E-state index contributed by atoms with van der Waals surface area (Å²) in [7, 11) is 0. The van der Waals surface area contributed by atoms with E-state index in [1.807, 2.05) is 0 Å². The Balaban J connectivity index is 2.70. The normalized spacial score (nSPS) is 11.5. The molecule has 0 saturated carbocycles. The van der Waals surface area contributed by atoms with Crippen LogP contribution in [0, 0.1) is 0 Å². The largest absolute Gasteiger partial charge is 0.480 e. The molecule has 0 saturated heterocycles. The molecule has 0 aliphatic carbocycles. The number of aliphatic carboxylic acids is 1. The molecular weight excluding hydrogens is 350 g/mol. The molecule has 0 bridgehead atoms. The summed E-state index contributed by atoms with van der Waals surface area (Å²) >= 11 is 0.570. The lowest BCUT2D eigenvalue weighted by molar-refractivity contribution is -0.137. The molecule has 0 fully saturated rings. The lowest BCUT2D eigenvalue weighted by atomic mass is 10.2. The number of para-hydroxylation sites is 1. The van der Waals surface area contributed by atoms with Gasteiger partial charge in [0, 0.05) is 0 Å². The minimum atomic E-state index is -1.19. The third kappa shape index (κ3) is 7.25. The van der Waals surface area contributed by atoms with Crippen LogP contribution in [0.5, 0.6) is 5.75 Å². The van der Waals surface area contributed by atoms with Crippen LogP contribution in [0.4, 0.5) is 4.79 Å². The Labute approximate surface area is 148 Å². The molecule has 9 heteroatoms. The number of rotatable bonds is 7. The molecule has 1 aromatic carbocycles. The second kappa shape index (κ2) is 9.67. The first-order valence-electron chi connectivity index (χ1n) is 7.38. The van der Waals surface area contributed by atoms with E-state index < -0.39 is 34.9 Å². The fourth-order valence-corrected chi connectivity index (χ4v) is 2.24. The van der Waals surface area contributed by atoms with Crippen LogP contribution in [-0.4, -0.2) is 46.2 Å². The SMILES string of the molecule is CC(C)OC(=O)c1ccccc1OC(=O)SC(C)C(=O)NCC(=O)O. The van der Waals surface area contributed by atoms with Gasteiger partial charge in [0.05, 0.1) is 11.4 Å². The number of thioether (sulfide) groups is 1. The summed E-state index contributed by atoms with van der Waals surface area (Å²) in [6.45, 7) is 4.28. The fourth-order valence-electron chi connectivity index (χ4n) is 1.62. The Morgan fingerprint density at radius 1 is 1.16 bits per heavy atom. The smallest absolute Gasteiger partial charge is 0.373 e. The summed E-state index contributed by atoms with van der Waals surface area (Å²) < 4.78 is 10.2. The number of carbonyl (C=O) groups excluding carboxylic acids is 3. The number of hydrogen-bond donors (Lipinski definition) is 2. The molecule has 0 aliphatic heterocycles. The van der Waals surface area contributed by atoms with Gasteiger partial charge in [-0.3, -0.25) is 9.59 Å². The van der Waals surface area contributed by atoms with E-state index in [1.54, 1.807) is 26.0 Å². The van der Waals surface area contributed by atoms with Crippen molar-refractivity contribution >= 4 is 34.9 Å². The zero-order valence-corrected chi connectivity index (χ0v) is 14.8. The number of carboxylic acids is 1. The van der Waals surface area contributed by atoms with Crippen LogP contribution in [0.1, 0.15) is 31.1 Å². The number of ether oxygens (including phenoxy) is 2. The number of benzene rings is 1. The molecule has 0 spiro atoms. The van der Waals surface area contributed by atoms with Crippen LogP contribution in [0.25, 0.3) is 0 Å². The molecule has 0 aliphatic rings. The topological polar surface area (TPSA) is 119 Å². The highest BCUT2D eigenvalue weighted by molar-refractivity contribution is 8.14. The number of carboxylic acid groups (broad SMARTS) is 1. The molecule has 1 aromatic rings. The number of amides is 1. The maximum atomic E-state index is 12.0. The molecule has 1 amide bonds. The zero-order chi connectivity index (χ0) is 19.0. The van der Waals surface area contributed by atoms with Gasteiger partial charge in [-0.05, 0) is 44.7 Å². The van der Waals surface area contributed by atoms with Crippen molar-refractivity contribution in [2.45, 2.75) is 32.1 Å². The van der Waals surface area contributed by atoms with Crippen LogP contribution >= 0.6 is 11.8 Å². The quantitative estimate of drug-likeness (QED) is 0.701.